The van der Waals surface area contributed by atoms with Crippen molar-refractivity contribution in [3.8, 4) is 62.5 Å². The molecular formula is C52H32N4O. The molecule has 57 heavy (non-hydrogen) atoms. The van der Waals surface area contributed by atoms with Gasteiger partial charge in [0.1, 0.15) is 11.5 Å². The largest absolute Gasteiger partial charge is 0.457 e. The maximum Gasteiger partial charge on any atom is 0.164 e. The highest BCUT2D eigenvalue weighted by Crippen LogP contribution is 2.62. The van der Waals surface area contributed by atoms with E-state index in [2.05, 4.69) is 162 Å². The van der Waals surface area contributed by atoms with Gasteiger partial charge in [-0.3, -0.25) is 0 Å². The van der Waals surface area contributed by atoms with Crippen LogP contribution >= 0.6 is 0 Å². The lowest BCUT2D eigenvalue weighted by Crippen LogP contribution is -2.32. The molecule has 0 amide bonds. The summed E-state index contributed by atoms with van der Waals surface area (Å²) in [4.78, 5) is 15.5. The third-order valence-electron chi connectivity index (χ3n) is 11.7. The summed E-state index contributed by atoms with van der Waals surface area (Å²) in [5.41, 5.74) is 12.7. The van der Waals surface area contributed by atoms with E-state index < -0.39 is 5.41 Å². The van der Waals surface area contributed by atoms with Gasteiger partial charge in [0, 0.05) is 44.3 Å². The van der Waals surface area contributed by atoms with Crippen molar-refractivity contribution in [1.82, 2.24) is 19.5 Å². The van der Waals surface area contributed by atoms with Crippen LogP contribution in [0.25, 0.3) is 72.8 Å². The minimum absolute atomic E-state index is 0.589. The first-order valence-electron chi connectivity index (χ1n) is 19.3. The van der Waals surface area contributed by atoms with Gasteiger partial charge in [0.2, 0.25) is 0 Å². The number of hydrogen-bond acceptors (Lipinski definition) is 4. The quantitative estimate of drug-likeness (QED) is 0.181. The molecule has 1 spiro atoms. The molecule has 12 rings (SSSR count). The molecule has 2 aliphatic rings. The molecule has 1 aliphatic heterocycles. The molecular weight excluding hydrogens is 697 g/mol. The number of ether oxygens (including phenoxy) is 1. The number of nitrogens with zero attached hydrogens (tertiary/aromatic N) is 4. The molecule has 266 valence electrons. The molecule has 0 unspecified atom stereocenters. The van der Waals surface area contributed by atoms with E-state index in [1.165, 1.54) is 44.1 Å². The van der Waals surface area contributed by atoms with Crippen LogP contribution in [0.3, 0.4) is 0 Å². The van der Waals surface area contributed by atoms with Gasteiger partial charge in [0.15, 0.2) is 17.5 Å². The molecule has 0 saturated carbocycles. The molecule has 5 heteroatoms. The maximum absolute atomic E-state index is 6.71. The number of hydrogen-bond donors (Lipinski definition) is 0. The van der Waals surface area contributed by atoms with E-state index >= 15 is 0 Å². The van der Waals surface area contributed by atoms with Crippen molar-refractivity contribution < 1.29 is 4.74 Å². The lowest BCUT2D eigenvalue weighted by molar-refractivity contribution is 0.436. The van der Waals surface area contributed by atoms with Gasteiger partial charge in [-0.25, -0.2) is 15.0 Å². The Bertz CT molecular complexity index is 3120. The Morgan fingerprint density at radius 2 is 0.842 bits per heavy atom. The van der Waals surface area contributed by atoms with Gasteiger partial charge >= 0.3 is 0 Å². The van der Waals surface area contributed by atoms with Gasteiger partial charge in [-0.05, 0) is 82.9 Å². The summed E-state index contributed by atoms with van der Waals surface area (Å²) >= 11 is 0. The van der Waals surface area contributed by atoms with E-state index in [0.717, 1.165) is 45.0 Å². The molecule has 10 aromatic rings. The molecule has 8 aromatic carbocycles. The summed E-state index contributed by atoms with van der Waals surface area (Å²) in [5, 5.41) is 2.47. The molecule has 0 saturated heterocycles. The summed E-state index contributed by atoms with van der Waals surface area (Å²) in [6, 6.07) is 68.3. The second-order valence-corrected chi connectivity index (χ2v) is 14.7. The first kappa shape index (κ1) is 31.7. The van der Waals surface area contributed by atoms with Crippen LogP contribution in [0.1, 0.15) is 22.3 Å². The fourth-order valence-electron chi connectivity index (χ4n) is 9.31. The van der Waals surface area contributed by atoms with Crippen LogP contribution in [-0.2, 0) is 5.41 Å². The molecule has 2 aromatic heterocycles. The summed E-state index contributed by atoms with van der Waals surface area (Å²) in [5.74, 6) is 3.51. The number of para-hydroxylation sites is 3. The highest BCUT2D eigenvalue weighted by Gasteiger charge is 2.51. The van der Waals surface area contributed by atoms with Gasteiger partial charge < -0.3 is 9.30 Å². The topological polar surface area (TPSA) is 52.8 Å². The minimum Gasteiger partial charge on any atom is -0.457 e. The molecule has 0 N–H and O–H groups in total. The second-order valence-electron chi connectivity index (χ2n) is 14.7. The monoisotopic (exact) mass is 728 g/mol. The Morgan fingerprint density at radius 3 is 1.49 bits per heavy atom. The maximum atomic E-state index is 6.71. The molecule has 1 aliphatic carbocycles. The smallest absolute Gasteiger partial charge is 0.164 e. The zero-order valence-electron chi connectivity index (χ0n) is 30.7. The molecule has 0 bridgehead atoms. The SMILES string of the molecule is c1ccc(-c2nc(-c3ccc(-n4c5ccccc5c5ccccc54)cc3)nc(-c3ccc4c(c3)C3(c5ccccc5O4)c4ccccc4-c4ccccc43)n2)cc1. The Labute approximate surface area is 329 Å². The predicted molar refractivity (Wildman–Crippen MR) is 228 cm³/mol. The van der Waals surface area contributed by atoms with Crippen LogP contribution in [0.2, 0.25) is 0 Å². The van der Waals surface area contributed by atoms with E-state index in [1.807, 2.05) is 36.4 Å². The fourth-order valence-corrected chi connectivity index (χ4v) is 9.31. The van der Waals surface area contributed by atoms with Gasteiger partial charge in [-0.1, -0.05) is 133 Å². The molecule has 5 nitrogen and oxygen atoms in total. The highest BCUT2D eigenvalue weighted by atomic mass is 16.5. The van der Waals surface area contributed by atoms with Crippen LogP contribution in [-0.4, -0.2) is 19.5 Å². The minimum atomic E-state index is -0.589. The van der Waals surface area contributed by atoms with Crippen molar-refractivity contribution in [3.05, 3.63) is 216 Å². The van der Waals surface area contributed by atoms with Crippen LogP contribution in [0.15, 0.2) is 194 Å². The van der Waals surface area contributed by atoms with E-state index in [9.17, 15) is 0 Å². The lowest BCUT2D eigenvalue weighted by Gasteiger charge is -2.39. The van der Waals surface area contributed by atoms with Gasteiger partial charge in [-0.2, -0.15) is 0 Å². The highest BCUT2D eigenvalue weighted by molar-refractivity contribution is 6.09. The number of rotatable bonds is 4. The van der Waals surface area contributed by atoms with Crippen molar-refractivity contribution in [2.45, 2.75) is 5.41 Å². The van der Waals surface area contributed by atoms with Gasteiger partial charge in [-0.15, -0.1) is 0 Å². The number of fused-ring (bicyclic) bond motifs is 12. The Balaban J connectivity index is 1.04. The van der Waals surface area contributed by atoms with Gasteiger partial charge in [0.25, 0.3) is 0 Å². The number of benzene rings is 8. The fraction of sp³-hybridized carbons (Fsp3) is 0.0192. The second kappa shape index (κ2) is 12.2. The molecule has 3 heterocycles. The molecule has 0 atom stereocenters. The summed E-state index contributed by atoms with van der Waals surface area (Å²) in [7, 11) is 0. The van der Waals surface area contributed by atoms with Crippen molar-refractivity contribution in [2.24, 2.45) is 0 Å². The first-order chi connectivity index (χ1) is 28.3. The zero-order valence-corrected chi connectivity index (χ0v) is 30.7. The van der Waals surface area contributed by atoms with Gasteiger partial charge in [0.05, 0.1) is 16.4 Å². The average molecular weight is 729 g/mol. The summed E-state index contributed by atoms with van der Waals surface area (Å²) in [6.45, 7) is 0. The third-order valence-corrected chi connectivity index (χ3v) is 11.7. The van der Waals surface area contributed by atoms with Crippen LogP contribution in [0, 0.1) is 0 Å². The standard InChI is InChI=1S/C52H32N4O/c1-2-14-33(15-3-1)49-53-50(34-26-29-36(30-27-34)56-45-23-11-6-18-39(45)40-19-7-12-24-46(40)56)55-51(54-49)35-28-31-48-44(32-35)52(43-22-10-13-25-47(43)57-48)41-20-8-4-16-37(41)38-17-5-9-21-42(38)52/h1-32H. The van der Waals surface area contributed by atoms with E-state index in [1.54, 1.807) is 0 Å². The molecule has 0 radical (unpaired) electrons. The molecule has 0 fully saturated rings. The average Bonchev–Trinajstić information content (AvgIpc) is 3.78. The first-order valence-corrected chi connectivity index (χ1v) is 19.3. The third kappa shape index (κ3) is 4.60. The normalized spacial score (nSPS) is 13.2. The van der Waals surface area contributed by atoms with Crippen LogP contribution in [0.5, 0.6) is 11.5 Å². The van der Waals surface area contributed by atoms with Crippen molar-refractivity contribution >= 4 is 21.8 Å². The Morgan fingerprint density at radius 1 is 0.368 bits per heavy atom. The Kier molecular flexibility index (Phi) is 6.78. The van der Waals surface area contributed by atoms with Crippen molar-refractivity contribution in [2.75, 3.05) is 0 Å². The van der Waals surface area contributed by atoms with Crippen LogP contribution < -0.4 is 4.74 Å². The predicted octanol–water partition coefficient (Wildman–Crippen LogP) is 12.4. The van der Waals surface area contributed by atoms with E-state index in [0.29, 0.717) is 17.5 Å². The summed E-state index contributed by atoms with van der Waals surface area (Å²) < 4.78 is 9.04. The van der Waals surface area contributed by atoms with Crippen LogP contribution in [0.4, 0.5) is 0 Å². The lowest BCUT2D eigenvalue weighted by atomic mass is 9.66. The summed E-state index contributed by atoms with van der Waals surface area (Å²) in [6.07, 6.45) is 0. The van der Waals surface area contributed by atoms with E-state index in [-0.39, 0.29) is 0 Å². The van der Waals surface area contributed by atoms with Crippen molar-refractivity contribution in [1.29, 1.82) is 0 Å². The number of aromatic nitrogens is 4. The Hall–Kier alpha value is -7.63. The van der Waals surface area contributed by atoms with Crippen molar-refractivity contribution in [3.63, 3.8) is 0 Å². The van der Waals surface area contributed by atoms with E-state index in [4.69, 9.17) is 19.7 Å². The zero-order chi connectivity index (χ0) is 37.5.